The molecule has 0 aliphatic heterocycles. The van der Waals surface area contributed by atoms with Gasteiger partial charge in [-0.15, -0.1) is 23.1 Å². The lowest BCUT2D eigenvalue weighted by atomic mass is 10.2. The quantitative estimate of drug-likeness (QED) is 0.475. The molecule has 0 saturated heterocycles. The molecular formula is C18H16FN3OS2. The summed E-state index contributed by atoms with van der Waals surface area (Å²) in [5, 5.41) is 5.32. The molecule has 1 aromatic carbocycles. The molecule has 0 fully saturated rings. The van der Waals surface area contributed by atoms with Crippen molar-refractivity contribution in [2.24, 2.45) is 0 Å². The van der Waals surface area contributed by atoms with Crippen LogP contribution in [0.1, 0.15) is 12.8 Å². The van der Waals surface area contributed by atoms with Crippen molar-refractivity contribution < 1.29 is 9.18 Å². The Morgan fingerprint density at radius 2 is 2.08 bits per heavy atom. The predicted octanol–water partition coefficient (Wildman–Crippen LogP) is 4.86. The molecule has 1 amide bonds. The number of carbonyl (C=O) groups excluding carboxylic acids is 1. The van der Waals surface area contributed by atoms with Crippen molar-refractivity contribution in [1.29, 1.82) is 0 Å². The summed E-state index contributed by atoms with van der Waals surface area (Å²) in [5.74, 6) is 0.516. The van der Waals surface area contributed by atoms with Crippen molar-refractivity contribution in [2.45, 2.75) is 17.7 Å². The third-order valence-electron chi connectivity index (χ3n) is 3.34. The number of carbonyl (C=O) groups is 1. The van der Waals surface area contributed by atoms with Crippen LogP contribution >= 0.6 is 23.1 Å². The van der Waals surface area contributed by atoms with Crippen LogP contribution in [0.25, 0.3) is 11.3 Å². The van der Waals surface area contributed by atoms with Crippen LogP contribution < -0.4 is 5.32 Å². The molecular weight excluding hydrogens is 357 g/mol. The first-order valence-electron chi connectivity index (χ1n) is 7.75. The number of nitrogens with zero attached hydrogens (tertiary/aromatic N) is 2. The predicted molar refractivity (Wildman–Crippen MR) is 100 cm³/mol. The van der Waals surface area contributed by atoms with Crippen LogP contribution in [-0.4, -0.2) is 21.6 Å². The zero-order valence-corrected chi connectivity index (χ0v) is 14.9. The van der Waals surface area contributed by atoms with Crippen molar-refractivity contribution in [2.75, 3.05) is 11.1 Å². The van der Waals surface area contributed by atoms with Gasteiger partial charge in [0.15, 0.2) is 5.13 Å². The molecule has 7 heteroatoms. The molecule has 0 atom stereocenters. The van der Waals surface area contributed by atoms with Gasteiger partial charge in [0.1, 0.15) is 5.82 Å². The molecule has 0 unspecified atom stereocenters. The number of aromatic nitrogens is 2. The Hall–Kier alpha value is -2.25. The summed E-state index contributed by atoms with van der Waals surface area (Å²) < 4.78 is 12.8. The largest absolute Gasteiger partial charge is 0.302 e. The summed E-state index contributed by atoms with van der Waals surface area (Å²) >= 11 is 3.01. The fourth-order valence-corrected chi connectivity index (χ4v) is 3.70. The Balaban J connectivity index is 1.42. The van der Waals surface area contributed by atoms with E-state index in [1.165, 1.54) is 23.5 Å². The van der Waals surface area contributed by atoms with E-state index in [9.17, 15) is 9.18 Å². The van der Waals surface area contributed by atoms with Crippen LogP contribution in [0.3, 0.4) is 0 Å². The van der Waals surface area contributed by atoms with E-state index in [4.69, 9.17) is 0 Å². The lowest BCUT2D eigenvalue weighted by Crippen LogP contribution is -2.11. The molecule has 0 saturated carbocycles. The summed E-state index contributed by atoms with van der Waals surface area (Å²) in [5.41, 5.74) is 1.73. The summed E-state index contributed by atoms with van der Waals surface area (Å²) in [6.07, 6.45) is 4.63. The van der Waals surface area contributed by atoms with Crippen LogP contribution in [0.2, 0.25) is 0 Å². The molecule has 2 aromatic heterocycles. The molecule has 0 bridgehead atoms. The van der Waals surface area contributed by atoms with Gasteiger partial charge >= 0.3 is 0 Å². The number of hydrogen-bond donors (Lipinski definition) is 1. The molecule has 0 aliphatic carbocycles. The second-order valence-corrected chi connectivity index (χ2v) is 7.26. The first kappa shape index (κ1) is 17.6. The zero-order chi connectivity index (χ0) is 17.5. The van der Waals surface area contributed by atoms with Crippen LogP contribution in [0.4, 0.5) is 9.52 Å². The number of benzene rings is 1. The summed E-state index contributed by atoms with van der Waals surface area (Å²) in [7, 11) is 0. The van der Waals surface area contributed by atoms with Crippen LogP contribution in [0.15, 0.2) is 59.1 Å². The van der Waals surface area contributed by atoms with Gasteiger partial charge < -0.3 is 5.32 Å². The number of halogens is 1. The van der Waals surface area contributed by atoms with Crippen LogP contribution in [0, 0.1) is 5.82 Å². The first-order chi connectivity index (χ1) is 12.2. The van der Waals surface area contributed by atoms with E-state index in [0.717, 1.165) is 28.3 Å². The molecule has 128 valence electrons. The van der Waals surface area contributed by atoms with Gasteiger partial charge in [-0.05, 0) is 48.6 Å². The van der Waals surface area contributed by atoms with Crippen LogP contribution in [-0.2, 0) is 4.79 Å². The first-order valence-corrected chi connectivity index (χ1v) is 9.61. The third-order valence-corrected chi connectivity index (χ3v) is 5.19. The topological polar surface area (TPSA) is 54.9 Å². The van der Waals surface area contributed by atoms with E-state index in [0.29, 0.717) is 11.6 Å². The van der Waals surface area contributed by atoms with Gasteiger partial charge in [-0.2, -0.15) is 0 Å². The van der Waals surface area contributed by atoms with Gasteiger partial charge in [0.2, 0.25) is 5.91 Å². The van der Waals surface area contributed by atoms with E-state index < -0.39 is 0 Å². The van der Waals surface area contributed by atoms with Gasteiger partial charge in [-0.3, -0.25) is 9.78 Å². The van der Waals surface area contributed by atoms with E-state index in [-0.39, 0.29) is 11.7 Å². The molecule has 25 heavy (non-hydrogen) atoms. The minimum absolute atomic E-state index is 0.0493. The van der Waals surface area contributed by atoms with Crippen molar-refractivity contribution in [3.05, 3.63) is 60.0 Å². The number of rotatable bonds is 7. The summed E-state index contributed by atoms with van der Waals surface area (Å²) in [6, 6.07) is 10.2. The molecule has 1 N–H and O–H groups in total. The van der Waals surface area contributed by atoms with Crippen LogP contribution in [0.5, 0.6) is 0 Å². The average molecular weight is 373 g/mol. The zero-order valence-electron chi connectivity index (χ0n) is 13.3. The number of nitrogens with one attached hydrogen (secondary N) is 1. The number of thioether (sulfide) groups is 1. The summed E-state index contributed by atoms with van der Waals surface area (Å²) in [6.45, 7) is 0. The van der Waals surface area contributed by atoms with Gasteiger partial charge in [-0.1, -0.05) is 0 Å². The monoisotopic (exact) mass is 373 g/mol. The second kappa shape index (κ2) is 8.73. The Morgan fingerprint density at radius 3 is 2.84 bits per heavy atom. The fourth-order valence-electron chi connectivity index (χ4n) is 2.11. The number of thiazole rings is 1. The lowest BCUT2D eigenvalue weighted by Gasteiger charge is -2.03. The highest BCUT2D eigenvalue weighted by Gasteiger charge is 2.08. The number of hydrogen-bond acceptors (Lipinski definition) is 5. The fraction of sp³-hybridized carbons (Fsp3) is 0.167. The third kappa shape index (κ3) is 5.37. The van der Waals surface area contributed by atoms with Gasteiger partial charge in [0, 0.05) is 34.7 Å². The van der Waals surface area contributed by atoms with E-state index in [2.05, 4.69) is 15.3 Å². The Bertz CT molecular complexity index is 822. The maximum Gasteiger partial charge on any atom is 0.226 e. The molecule has 3 aromatic rings. The highest BCUT2D eigenvalue weighted by atomic mass is 32.2. The molecule has 0 aliphatic rings. The standard InChI is InChI=1S/C18H16FN3OS2/c19-14-5-7-15(8-6-14)24-10-2-4-17(23)22-18-21-16(12-25-18)13-3-1-9-20-11-13/h1,3,5-9,11-12H,2,4,10H2,(H,21,22,23). The molecule has 4 nitrogen and oxygen atoms in total. The van der Waals surface area contributed by atoms with Crippen molar-refractivity contribution in [3.63, 3.8) is 0 Å². The van der Waals surface area contributed by atoms with Crippen molar-refractivity contribution in [1.82, 2.24) is 9.97 Å². The second-order valence-electron chi connectivity index (χ2n) is 5.23. The highest BCUT2D eigenvalue weighted by Crippen LogP contribution is 2.24. The lowest BCUT2D eigenvalue weighted by molar-refractivity contribution is -0.116. The van der Waals surface area contributed by atoms with Crippen molar-refractivity contribution >= 4 is 34.1 Å². The molecule has 0 radical (unpaired) electrons. The van der Waals surface area contributed by atoms with Gasteiger partial charge in [-0.25, -0.2) is 9.37 Å². The number of amides is 1. The van der Waals surface area contributed by atoms with E-state index in [1.54, 1.807) is 36.3 Å². The minimum Gasteiger partial charge on any atom is -0.302 e. The Morgan fingerprint density at radius 1 is 1.24 bits per heavy atom. The average Bonchev–Trinajstić information content (AvgIpc) is 3.09. The van der Waals surface area contributed by atoms with E-state index >= 15 is 0 Å². The SMILES string of the molecule is O=C(CCCSc1ccc(F)cc1)Nc1nc(-c2cccnc2)cs1. The smallest absolute Gasteiger partial charge is 0.226 e. The summed E-state index contributed by atoms with van der Waals surface area (Å²) in [4.78, 5) is 21.5. The van der Waals surface area contributed by atoms with Crippen molar-refractivity contribution in [3.8, 4) is 11.3 Å². The molecule has 3 rings (SSSR count). The molecule has 2 heterocycles. The minimum atomic E-state index is -0.238. The Labute approximate surface area is 153 Å². The Kier molecular flexibility index (Phi) is 6.14. The van der Waals surface area contributed by atoms with Gasteiger partial charge in [0.05, 0.1) is 5.69 Å². The normalized spacial score (nSPS) is 10.6. The number of pyridine rings is 1. The number of anilines is 1. The highest BCUT2D eigenvalue weighted by molar-refractivity contribution is 7.99. The molecule has 0 spiro atoms. The van der Waals surface area contributed by atoms with E-state index in [1.807, 2.05) is 17.5 Å². The maximum absolute atomic E-state index is 12.8. The van der Waals surface area contributed by atoms with Gasteiger partial charge in [0.25, 0.3) is 0 Å². The maximum atomic E-state index is 12.8.